The molecule has 1 N–H and O–H groups in total. The number of anilines is 3. The number of nitrogens with one attached hydrogen (secondary N) is 1. The number of carbonyl (C=O) groups is 1. The first kappa shape index (κ1) is 20.3. The Labute approximate surface area is 180 Å². The van der Waals surface area contributed by atoms with Gasteiger partial charge < -0.3 is 19.9 Å². The molecule has 0 saturated heterocycles. The van der Waals surface area contributed by atoms with E-state index < -0.39 is 0 Å². The lowest BCUT2D eigenvalue weighted by atomic mass is 10.1. The van der Waals surface area contributed by atoms with Gasteiger partial charge in [0, 0.05) is 18.3 Å². The molecule has 0 fully saturated rings. The number of ether oxygens (including phenoxy) is 1. The van der Waals surface area contributed by atoms with Crippen LogP contribution in [0.4, 0.5) is 17.2 Å². The standard InChI is InChI=1S/C23H22N6O2/c1-28(2)11-3-4-20(30)29-12-13-31-22-19(29)10-9-18-21(22)23(26-15-25-18)27-17-7-5-16(14-24)6-8-17/h3-10,15H,11-13H2,1-2H3,(H,25,26,27)/b4-3+. The van der Waals surface area contributed by atoms with E-state index >= 15 is 0 Å². The van der Waals surface area contributed by atoms with Crippen molar-refractivity contribution in [3.05, 3.63) is 60.4 Å². The van der Waals surface area contributed by atoms with E-state index in [0.29, 0.717) is 53.4 Å². The van der Waals surface area contributed by atoms with Gasteiger partial charge in [-0.25, -0.2) is 9.97 Å². The Bertz CT molecular complexity index is 1180. The van der Waals surface area contributed by atoms with Crippen molar-refractivity contribution < 1.29 is 9.53 Å². The zero-order valence-corrected chi connectivity index (χ0v) is 17.4. The summed E-state index contributed by atoms with van der Waals surface area (Å²) in [5.41, 5.74) is 2.76. The minimum atomic E-state index is -0.0933. The Balaban J connectivity index is 1.71. The van der Waals surface area contributed by atoms with Crippen molar-refractivity contribution in [3.8, 4) is 11.8 Å². The molecule has 8 heteroatoms. The molecule has 0 bridgehead atoms. The van der Waals surface area contributed by atoms with Crippen LogP contribution in [-0.4, -0.2) is 54.6 Å². The number of hydrogen-bond donors (Lipinski definition) is 1. The molecule has 1 aliphatic rings. The molecule has 3 aromatic rings. The van der Waals surface area contributed by atoms with Crippen LogP contribution in [0.3, 0.4) is 0 Å². The van der Waals surface area contributed by atoms with Gasteiger partial charge in [-0.1, -0.05) is 6.08 Å². The van der Waals surface area contributed by atoms with Gasteiger partial charge in [-0.3, -0.25) is 4.79 Å². The third-order valence-corrected chi connectivity index (χ3v) is 4.86. The van der Waals surface area contributed by atoms with E-state index in [4.69, 9.17) is 10.00 Å². The van der Waals surface area contributed by atoms with Gasteiger partial charge in [0.15, 0.2) is 5.75 Å². The van der Waals surface area contributed by atoms with Gasteiger partial charge in [-0.2, -0.15) is 5.26 Å². The number of hydrogen-bond acceptors (Lipinski definition) is 7. The van der Waals surface area contributed by atoms with Crippen LogP contribution in [0.15, 0.2) is 54.9 Å². The molecule has 1 aliphatic heterocycles. The van der Waals surface area contributed by atoms with Gasteiger partial charge in [0.1, 0.15) is 18.8 Å². The summed E-state index contributed by atoms with van der Waals surface area (Å²) in [5, 5.41) is 13.0. The molecule has 1 aromatic heterocycles. The molecule has 0 aliphatic carbocycles. The fourth-order valence-electron chi connectivity index (χ4n) is 3.37. The van der Waals surface area contributed by atoms with Gasteiger partial charge >= 0.3 is 0 Å². The molecular weight excluding hydrogens is 392 g/mol. The number of aromatic nitrogens is 2. The summed E-state index contributed by atoms with van der Waals surface area (Å²) >= 11 is 0. The molecule has 0 unspecified atom stereocenters. The number of likely N-dealkylation sites (N-methyl/N-ethyl adjacent to an activating group) is 1. The fraction of sp³-hybridized carbons (Fsp3) is 0.217. The number of benzene rings is 2. The topological polar surface area (TPSA) is 94.4 Å². The Morgan fingerprint density at radius 3 is 2.81 bits per heavy atom. The van der Waals surface area contributed by atoms with Crippen LogP contribution < -0.4 is 15.0 Å². The fourth-order valence-corrected chi connectivity index (χ4v) is 3.37. The van der Waals surface area contributed by atoms with Crippen LogP contribution in [0.5, 0.6) is 5.75 Å². The summed E-state index contributed by atoms with van der Waals surface area (Å²) in [6.07, 6.45) is 4.92. The SMILES string of the molecule is CN(C)C/C=C/C(=O)N1CCOc2c1ccc1ncnc(Nc3ccc(C#N)cc3)c21. The van der Waals surface area contributed by atoms with Crippen molar-refractivity contribution in [2.24, 2.45) is 0 Å². The second kappa shape index (κ2) is 8.81. The number of amides is 1. The average molecular weight is 414 g/mol. The summed E-state index contributed by atoms with van der Waals surface area (Å²) in [5.74, 6) is 1.06. The molecule has 4 rings (SSSR count). The van der Waals surface area contributed by atoms with Crippen molar-refractivity contribution in [1.29, 1.82) is 5.26 Å². The van der Waals surface area contributed by atoms with Crippen LogP contribution in [0.1, 0.15) is 5.56 Å². The number of carbonyl (C=O) groups excluding carboxylic acids is 1. The van der Waals surface area contributed by atoms with Gasteiger partial charge in [0.05, 0.1) is 34.8 Å². The summed E-state index contributed by atoms with van der Waals surface area (Å²) in [7, 11) is 3.90. The predicted molar refractivity (Wildman–Crippen MR) is 120 cm³/mol. The first-order valence-corrected chi connectivity index (χ1v) is 9.87. The zero-order chi connectivity index (χ0) is 21.8. The van der Waals surface area contributed by atoms with E-state index in [-0.39, 0.29) is 5.91 Å². The predicted octanol–water partition coefficient (Wildman–Crippen LogP) is 3.09. The number of nitrogens with zero attached hydrogens (tertiary/aromatic N) is 5. The Morgan fingerprint density at radius 1 is 1.26 bits per heavy atom. The Kier molecular flexibility index (Phi) is 5.78. The summed E-state index contributed by atoms with van der Waals surface area (Å²) in [6.45, 7) is 1.54. The third-order valence-electron chi connectivity index (χ3n) is 4.86. The second-order valence-corrected chi connectivity index (χ2v) is 7.35. The molecule has 0 saturated carbocycles. The minimum Gasteiger partial charge on any atom is -0.489 e. The van der Waals surface area contributed by atoms with Gasteiger partial charge in [-0.15, -0.1) is 0 Å². The maximum atomic E-state index is 12.8. The van der Waals surface area contributed by atoms with Crippen molar-refractivity contribution in [2.45, 2.75) is 0 Å². The zero-order valence-electron chi connectivity index (χ0n) is 17.4. The molecule has 0 radical (unpaired) electrons. The van der Waals surface area contributed by atoms with E-state index in [2.05, 4.69) is 21.4 Å². The summed E-state index contributed by atoms with van der Waals surface area (Å²) in [4.78, 5) is 25.3. The summed E-state index contributed by atoms with van der Waals surface area (Å²) < 4.78 is 5.99. The molecule has 1 amide bonds. The molecule has 0 spiro atoms. The highest BCUT2D eigenvalue weighted by Gasteiger charge is 2.26. The smallest absolute Gasteiger partial charge is 0.250 e. The van der Waals surface area contributed by atoms with E-state index in [1.807, 2.05) is 49.3 Å². The van der Waals surface area contributed by atoms with Crippen LogP contribution >= 0.6 is 0 Å². The molecule has 8 nitrogen and oxygen atoms in total. The Morgan fingerprint density at radius 2 is 2.06 bits per heavy atom. The van der Waals surface area contributed by atoms with Crippen molar-refractivity contribution in [3.63, 3.8) is 0 Å². The van der Waals surface area contributed by atoms with E-state index in [0.717, 1.165) is 5.69 Å². The van der Waals surface area contributed by atoms with E-state index in [1.54, 1.807) is 23.1 Å². The van der Waals surface area contributed by atoms with Crippen molar-refractivity contribution in [1.82, 2.24) is 14.9 Å². The summed E-state index contributed by atoms with van der Waals surface area (Å²) in [6, 6.07) is 12.9. The number of rotatable bonds is 5. The lowest BCUT2D eigenvalue weighted by Gasteiger charge is -2.30. The lowest BCUT2D eigenvalue weighted by molar-refractivity contribution is -0.114. The number of fused-ring (bicyclic) bond motifs is 3. The highest BCUT2D eigenvalue weighted by atomic mass is 16.5. The highest BCUT2D eigenvalue weighted by Crippen LogP contribution is 2.41. The maximum Gasteiger partial charge on any atom is 0.250 e. The molecular formula is C23H22N6O2. The first-order valence-electron chi connectivity index (χ1n) is 9.87. The molecule has 31 heavy (non-hydrogen) atoms. The van der Waals surface area contributed by atoms with Crippen LogP contribution in [0.2, 0.25) is 0 Å². The van der Waals surface area contributed by atoms with Crippen LogP contribution in [0.25, 0.3) is 10.9 Å². The van der Waals surface area contributed by atoms with Crippen LogP contribution in [0, 0.1) is 11.3 Å². The molecule has 0 atom stereocenters. The molecule has 156 valence electrons. The normalized spacial score (nSPS) is 13.2. The second-order valence-electron chi connectivity index (χ2n) is 7.35. The maximum absolute atomic E-state index is 12.8. The van der Waals surface area contributed by atoms with E-state index in [1.165, 1.54) is 6.33 Å². The quantitative estimate of drug-likeness (QED) is 0.641. The van der Waals surface area contributed by atoms with Gasteiger partial charge in [-0.05, 0) is 50.5 Å². The largest absolute Gasteiger partial charge is 0.489 e. The van der Waals surface area contributed by atoms with Crippen molar-refractivity contribution >= 4 is 34.0 Å². The number of nitriles is 1. The molecule has 2 aromatic carbocycles. The monoisotopic (exact) mass is 414 g/mol. The lowest BCUT2D eigenvalue weighted by Crippen LogP contribution is -2.37. The average Bonchev–Trinajstić information content (AvgIpc) is 2.78. The van der Waals surface area contributed by atoms with Gasteiger partial charge in [0.2, 0.25) is 0 Å². The third kappa shape index (κ3) is 4.32. The van der Waals surface area contributed by atoms with Crippen molar-refractivity contribution in [2.75, 3.05) is 44.0 Å². The minimum absolute atomic E-state index is 0.0933. The van der Waals surface area contributed by atoms with E-state index in [9.17, 15) is 4.79 Å². The highest BCUT2D eigenvalue weighted by molar-refractivity contribution is 6.07. The molecule has 2 heterocycles. The van der Waals surface area contributed by atoms with Gasteiger partial charge in [0.25, 0.3) is 5.91 Å². The Hall–Kier alpha value is -3.96. The first-order chi connectivity index (χ1) is 15.1. The van der Waals surface area contributed by atoms with Crippen LogP contribution in [-0.2, 0) is 4.79 Å².